The molecule has 0 aromatic heterocycles. The van der Waals surface area contributed by atoms with E-state index in [2.05, 4.69) is 5.32 Å². The molecule has 1 aliphatic heterocycles. The maximum Gasteiger partial charge on any atom is 0.417 e. The number of esters is 1. The van der Waals surface area contributed by atoms with E-state index >= 15 is 0 Å². The second-order valence-corrected chi connectivity index (χ2v) is 4.50. The van der Waals surface area contributed by atoms with Crippen molar-refractivity contribution >= 4 is 5.97 Å². The summed E-state index contributed by atoms with van der Waals surface area (Å²) in [6.07, 6.45) is -4.61. The highest BCUT2D eigenvalue weighted by molar-refractivity contribution is 5.82. The fraction of sp³-hybridized carbons (Fsp3) is 0.462. The van der Waals surface area contributed by atoms with Crippen molar-refractivity contribution in [2.24, 2.45) is 0 Å². The van der Waals surface area contributed by atoms with Crippen LogP contribution in [0.15, 0.2) is 30.3 Å². The number of benzene rings is 1. The number of carbonyl (C=O) groups is 1. The average Bonchev–Trinajstić information content (AvgIpc) is 2.87. The highest BCUT2D eigenvalue weighted by Crippen LogP contribution is 2.38. The molecule has 1 saturated heterocycles. The fourth-order valence-electron chi connectivity index (χ4n) is 2.12. The lowest BCUT2D eigenvalue weighted by Gasteiger charge is -2.29. The van der Waals surface area contributed by atoms with Gasteiger partial charge in [0.15, 0.2) is 0 Å². The van der Waals surface area contributed by atoms with Crippen molar-refractivity contribution in [1.29, 1.82) is 0 Å². The van der Waals surface area contributed by atoms with Gasteiger partial charge in [-0.05, 0) is 24.9 Å². The smallest absolute Gasteiger partial charge is 0.417 e. The quantitative estimate of drug-likeness (QED) is 0.859. The van der Waals surface area contributed by atoms with Gasteiger partial charge >= 0.3 is 12.1 Å². The van der Waals surface area contributed by atoms with Gasteiger partial charge in [-0.15, -0.1) is 0 Å². The van der Waals surface area contributed by atoms with E-state index in [0.29, 0.717) is 12.0 Å². The molecular weight excluding hydrogens is 259 g/mol. The van der Waals surface area contributed by atoms with Crippen molar-refractivity contribution in [2.45, 2.75) is 31.2 Å². The molecule has 0 amide bonds. The van der Waals surface area contributed by atoms with Gasteiger partial charge < -0.3 is 4.74 Å². The maximum atomic E-state index is 13.0. The largest absolute Gasteiger partial charge is 0.459 e. The van der Waals surface area contributed by atoms with Gasteiger partial charge in [-0.3, -0.25) is 5.32 Å². The number of rotatable bonds is 3. The van der Waals surface area contributed by atoms with Crippen molar-refractivity contribution in [3.8, 4) is 0 Å². The molecule has 0 aliphatic carbocycles. The molecule has 0 bridgehead atoms. The van der Waals surface area contributed by atoms with E-state index < -0.39 is 17.7 Å². The topological polar surface area (TPSA) is 38.3 Å². The first kappa shape index (κ1) is 13.9. The van der Waals surface area contributed by atoms with Gasteiger partial charge in [0.1, 0.15) is 6.61 Å². The summed E-state index contributed by atoms with van der Waals surface area (Å²) in [6.45, 7) is 0.0130. The Labute approximate surface area is 108 Å². The molecular formula is C13H14F3NO2. The molecule has 0 spiro atoms. The summed E-state index contributed by atoms with van der Waals surface area (Å²) in [6, 6.07) is 8.62. The normalized spacial score (nSPS) is 23.3. The Morgan fingerprint density at radius 2 is 2.00 bits per heavy atom. The maximum absolute atomic E-state index is 13.0. The number of ether oxygens (including phenoxy) is 1. The van der Waals surface area contributed by atoms with Crippen LogP contribution < -0.4 is 5.32 Å². The molecule has 1 aromatic rings. The van der Waals surface area contributed by atoms with Gasteiger partial charge in [0.25, 0.3) is 0 Å². The third-order valence-corrected chi connectivity index (χ3v) is 3.20. The molecule has 1 N–H and O–H groups in total. The Morgan fingerprint density at radius 3 is 2.53 bits per heavy atom. The van der Waals surface area contributed by atoms with E-state index in [1.54, 1.807) is 30.3 Å². The van der Waals surface area contributed by atoms with Crippen LogP contribution in [-0.4, -0.2) is 24.2 Å². The number of hydrogen-bond donors (Lipinski definition) is 1. The summed E-state index contributed by atoms with van der Waals surface area (Å²) in [5.41, 5.74) is -1.88. The van der Waals surface area contributed by atoms with Crippen LogP contribution in [-0.2, 0) is 16.1 Å². The second kappa shape index (κ2) is 5.21. The Bertz CT molecular complexity index is 439. The lowest BCUT2D eigenvalue weighted by molar-refractivity contribution is -0.211. The summed E-state index contributed by atoms with van der Waals surface area (Å²) >= 11 is 0. The molecule has 1 aliphatic rings. The Balaban J connectivity index is 2.05. The van der Waals surface area contributed by atoms with Crippen LogP contribution in [0.25, 0.3) is 0 Å². The first-order valence-corrected chi connectivity index (χ1v) is 5.99. The molecule has 0 radical (unpaired) electrons. The number of nitrogens with one attached hydrogen (secondary N) is 1. The summed E-state index contributed by atoms with van der Waals surface area (Å²) in [4.78, 5) is 11.8. The van der Waals surface area contributed by atoms with Crippen LogP contribution in [0.1, 0.15) is 18.4 Å². The SMILES string of the molecule is O=C(OCc1ccccc1)C1(C(F)(F)F)CCCN1. The predicted octanol–water partition coefficient (Wildman–Crippen LogP) is 2.41. The number of alkyl halides is 3. The van der Waals surface area contributed by atoms with Crippen molar-refractivity contribution in [3.63, 3.8) is 0 Å². The summed E-state index contributed by atoms with van der Waals surface area (Å²) in [5.74, 6) is -1.25. The van der Waals surface area contributed by atoms with E-state index in [4.69, 9.17) is 4.74 Å². The molecule has 1 fully saturated rings. The standard InChI is InChI=1S/C13H14F3NO2/c14-13(15,16)12(7-4-8-17-12)11(18)19-9-10-5-2-1-3-6-10/h1-3,5-6,17H,4,7-9H2. The van der Waals surface area contributed by atoms with Crippen molar-refractivity contribution < 1.29 is 22.7 Å². The molecule has 19 heavy (non-hydrogen) atoms. The molecule has 1 aromatic carbocycles. The first-order valence-electron chi connectivity index (χ1n) is 5.99. The van der Waals surface area contributed by atoms with Crippen LogP contribution in [0, 0.1) is 0 Å². The zero-order valence-corrected chi connectivity index (χ0v) is 10.2. The van der Waals surface area contributed by atoms with E-state index in [1.807, 2.05) is 0 Å². The van der Waals surface area contributed by atoms with Gasteiger partial charge in [-0.1, -0.05) is 30.3 Å². The van der Waals surface area contributed by atoms with Gasteiger partial charge in [0.2, 0.25) is 5.54 Å². The van der Waals surface area contributed by atoms with Gasteiger partial charge in [-0.25, -0.2) is 4.79 Å². The minimum atomic E-state index is -4.64. The predicted molar refractivity (Wildman–Crippen MR) is 62.3 cm³/mol. The molecule has 104 valence electrons. The third-order valence-electron chi connectivity index (χ3n) is 3.20. The van der Waals surface area contributed by atoms with Crippen molar-refractivity contribution in [3.05, 3.63) is 35.9 Å². The van der Waals surface area contributed by atoms with Gasteiger partial charge in [0.05, 0.1) is 0 Å². The number of hydrogen-bond acceptors (Lipinski definition) is 3. The fourth-order valence-corrected chi connectivity index (χ4v) is 2.12. The molecule has 6 heteroatoms. The third kappa shape index (κ3) is 2.73. The van der Waals surface area contributed by atoms with Crippen LogP contribution in [0.3, 0.4) is 0 Å². The molecule has 0 saturated carbocycles. The van der Waals surface area contributed by atoms with Crippen LogP contribution >= 0.6 is 0 Å². The lowest BCUT2D eigenvalue weighted by Crippen LogP contribution is -2.59. The molecule has 1 atom stereocenters. The summed E-state index contributed by atoms with van der Waals surface area (Å²) < 4.78 is 43.9. The number of halogens is 3. The first-order chi connectivity index (χ1) is 8.96. The van der Waals surface area contributed by atoms with E-state index in [-0.39, 0.29) is 19.6 Å². The zero-order chi connectivity index (χ0) is 13.9. The summed E-state index contributed by atoms with van der Waals surface area (Å²) in [7, 11) is 0. The Kier molecular flexibility index (Phi) is 3.80. The minimum Gasteiger partial charge on any atom is -0.459 e. The minimum absolute atomic E-state index is 0.154. The van der Waals surface area contributed by atoms with Gasteiger partial charge in [-0.2, -0.15) is 13.2 Å². The lowest BCUT2D eigenvalue weighted by atomic mass is 9.97. The molecule has 1 heterocycles. The average molecular weight is 273 g/mol. The highest BCUT2D eigenvalue weighted by Gasteiger charge is 2.62. The monoisotopic (exact) mass is 273 g/mol. The van der Waals surface area contributed by atoms with E-state index in [0.717, 1.165) is 0 Å². The van der Waals surface area contributed by atoms with Crippen LogP contribution in [0.2, 0.25) is 0 Å². The molecule has 2 rings (SSSR count). The van der Waals surface area contributed by atoms with E-state index in [1.165, 1.54) is 0 Å². The van der Waals surface area contributed by atoms with E-state index in [9.17, 15) is 18.0 Å². The number of carbonyl (C=O) groups excluding carboxylic acids is 1. The highest BCUT2D eigenvalue weighted by atomic mass is 19.4. The van der Waals surface area contributed by atoms with Crippen molar-refractivity contribution in [2.75, 3.05) is 6.54 Å². The Hall–Kier alpha value is -1.56. The van der Waals surface area contributed by atoms with Crippen LogP contribution in [0.5, 0.6) is 0 Å². The summed E-state index contributed by atoms with van der Waals surface area (Å²) in [5, 5.41) is 2.25. The molecule has 1 unspecified atom stereocenters. The second-order valence-electron chi connectivity index (χ2n) is 4.50. The zero-order valence-electron chi connectivity index (χ0n) is 10.2. The van der Waals surface area contributed by atoms with Crippen LogP contribution in [0.4, 0.5) is 13.2 Å². The molecule has 3 nitrogen and oxygen atoms in total. The van der Waals surface area contributed by atoms with Gasteiger partial charge in [0, 0.05) is 0 Å². The van der Waals surface area contributed by atoms with Crippen molar-refractivity contribution in [1.82, 2.24) is 5.32 Å². The Morgan fingerprint density at radius 1 is 1.32 bits per heavy atom.